The van der Waals surface area contributed by atoms with Crippen LogP contribution in [0.2, 0.25) is 10.2 Å². The largest absolute Gasteiger partial charge is 0.294 e. The van der Waals surface area contributed by atoms with Gasteiger partial charge < -0.3 is 0 Å². The Hall–Kier alpha value is -2.01. The molecule has 0 unspecified atom stereocenters. The average molecular weight is 385 g/mol. The zero-order valence-corrected chi connectivity index (χ0v) is 15.9. The topological polar surface area (TPSA) is 41.9 Å². The molecular formula is C20H18Cl2N4. The van der Waals surface area contributed by atoms with Crippen molar-refractivity contribution >= 4 is 23.2 Å². The second-order valence-electron chi connectivity index (χ2n) is 6.54. The molecule has 0 radical (unpaired) electrons. The van der Waals surface area contributed by atoms with E-state index in [0.717, 1.165) is 54.4 Å². The summed E-state index contributed by atoms with van der Waals surface area (Å²) < 4.78 is 0. The Kier molecular flexibility index (Phi) is 4.90. The highest BCUT2D eigenvalue weighted by atomic mass is 35.5. The van der Waals surface area contributed by atoms with Crippen molar-refractivity contribution in [2.45, 2.75) is 26.4 Å². The first kappa shape index (κ1) is 17.4. The molecule has 4 nitrogen and oxygen atoms in total. The molecule has 0 saturated heterocycles. The number of aryl methyl sites for hydroxylation is 1. The van der Waals surface area contributed by atoms with Gasteiger partial charge in [0.15, 0.2) is 5.82 Å². The van der Waals surface area contributed by atoms with Crippen molar-refractivity contribution in [3.05, 3.63) is 75.3 Å². The van der Waals surface area contributed by atoms with Gasteiger partial charge >= 0.3 is 0 Å². The summed E-state index contributed by atoms with van der Waals surface area (Å²) >= 11 is 12.2. The summed E-state index contributed by atoms with van der Waals surface area (Å²) in [6, 6.07) is 11.7. The maximum atomic E-state index is 6.28. The number of pyridine rings is 1. The predicted octanol–water partition coefficient (Wildman–Crippen LogP) is 4.71. The van der Waals surface area contributed by atoms with Gasteiger partial charge in [-0.25, -0.2) is 15.0 Å². The van der Waals surface area contributed by atoms with Crippen molar-refractivity contribution in [3.8, 4) is 11.4 Å². The lowest BCUT2D eigenvalue weighted by Gasteiger charge is -2.28. The highest BCUT2D eigenvalue weighted by Gasteiger charge is 2.20. The van der Waals surface area contributed by atoms with E-state index >= 15 is 0 Å². The van der Waals surface area contributed by atoms with Gasteiger partial charge in [0.25, 0.3) is 0 Å². The van der Waals surface area contributed by atoms with E-state index in [1.807, 2.05) is 43.5 Å². The maximum Gasteiger partial charge on any atom is 0.159 e. The minimum atomic E-state index is 0.588. The molecule has 3 heterocycles. The molecule has 0 atom stereocenters. The van der Waals surface area contributed by atoms with Gasteiger partial charge in [0, 0.05) is 59.7 Å². The first-order chi connectivity index (χ1) is 12.6. The van der Waals surface area contributed by atoms with E-state index in [-0.39, 0.29) is 0 Å². The number of nitrogens with zero attached hydrogens (tertiary/aromatic N) is 4. The van der Waals surface area contributed by atoms with Crippen LogP contribution in [0, 0.1) is 6.92 Å². The first-order valence-electron chi connectivity index (χ1n) is 8.53. The Balaban J connectivity index is 1.51. The lowest BCUT2D eigenvalue weighted by Crippen LogP contribution is -2.31. The number of fused-ring (bicyclic) bond motifs is 1. The molecule has 0 bridgehead atoms. The third-order valence-electron chi connectivity index (χ3n) is 4.57. The summed E-state index contributed by atoms with van der Waals surface area (Å²) in [4.78, 5) is 16.0. The van der Waals surface area contributed by atoms with E-state index in [2.05, 4.69) is 20.9 Å². The average Bonchev–Trinajstić information content (AvgIpc) is 2.64. The third kappa shape index (κ3) is 3.73. The molecule has 1 aliphatic heterocycles. The monoisotopic (exact) mass is 384 g/mol. The summed E-state index contributed by atoms with van der Waals surface area (Å²) in [5, 5.41) is 1.30. The van der Waals surface area contributed by atoms with E-state index in [9.17, 15) is 0 Å². The molecule has 6 heteroatoms. The van der Waals surface area contributed by atoms with Gasteiger partial charge in [-0.05, 0) is 37.3 Å². The number of hydrogen-bond donors (Lipinski definition) is 0. The molecule has 0 spiro atoms. The van der Waals surface area contributed by atoms with Crippen LogP contribution in [0.25, 0.3) is 11.4 Å². The fourth-order valence-electron chi connectivity index (χ4n) is 3.16. The Morgan fingerprint density at radius 1 is 1.04 bits per heavy atom. The van der Waals surface area contributed by atoms with Gasteiger partial charge in [0.2, 0.25) is 0 Å². The van der Waals surface area contributed by atoms with Crippen LogP contribution in [0.1, 0.15) is 22.5 Å². The van der Waals surface area contributed by atoms with E-state index in [0.29, 0.717) is 10.2 Å². The second-order valence-corrected chi connectivity index (χ2v) is 7.33. The van der Waals surface area contributed by atoms with E-state index < -0.39 is 0 Å². The molecule has 0 saturated carbocycles. The Labute approximate surface area is 162 Å². The minimum absolute atomic E-state index is 0.588. The molecule has 0 fully saturated rings. The fraction of sp³-hybridized carbons (Fsp3) is 0.250. The smallest absolute Gasteiger partial charge is 0.159 e. The molecule has 2 aromatic heterocycles. The van der Waals surface area contributed by atoms with Crippen LogP contribution in [0.5, 0.6) is 0 Å². The van der Waals surface area contributed by atoms with Crippen molar-refractivity contribution in [1.29, 1.82) is 0 Å². The number of aromatic nitrogens is 3. The quantitative estimate of drug-likeness (QED) is 0.613. The molecule has 3 aromatic rings. The lowest BCUT2D eigenvalue weighted by molar-refractivity contribution is 0.242. The molecule has 0 amide bonds. The van der Waals surface area contributed by atoms with Crippen LogP contribution < -0.4 is 0 Å². The minimum Gasteiger partial charge on any atom is -0.294 e. The van der Waals surface area contributed by atoms with Gasteiger partial charge in [-0.2, -0.15) is 0 Å². The summed E-state index contributed by atoms with van der Waals surface area (Å²) in [6.45, 7) is 4.49. The summed E-state index contributed by atoms with van der Waals surface area (Å²) in [6.07, 6.45) is 2.84. The molecule has 1 aliphatic rings. The lowest BCUT2D eigenvalue weighted by atomic mass is 10.1. The van der Waals surface area contributed by atoms with Crippen molar-refractivity contribution in [2.75, 3.05) is 6.54 Å². The highest BCUT2D eigenvalue weighted by molar-refractivity contribution is 6.30. The molecular weight excluding hydrogens is 367 g/mol. The SMILES string of the molecule is Cc1ccc(CN2CCc3nc(-c4ccc(Cl)cc4)ncc3C2)c(Cl)n1. The first-order valence-corrected chi connectivity index (χ1v) is 9.29. The van der Waals surface area contributed by atoms with Crippen molar-refractivity contribution in [2.24, 2.45) is 0 Å². The fourth-order valence-corrected chi connectivity index (χ4v) is 3.54. The Bertz CT molecular complexity index is 941. The molecule has 132 valence electrons. The van der Waals surface area contributed by atoms with Gasteiger partial charge in [0.1, 0.15) is 5.15 Å². The standard InChI is InChI=1S/C20H18Cl2N4/c1-13-2-3-15(19(22)24-13)11-26-9-8-18-16(12-26)10-23-20(25-18)14-4-6-17(21)7-5-14/h2-7,10H,8-9,11-12H2,1H3. The number of rotatable bonds is 3. The van der Waals surface area contributed by atoms with Crippen LogP contribution in [-0.2, 0) is 19.5 Å². The van der Waals surface area contributed by atoms with Crippen LogP contribution in [-0.4, -0.2) is 26.4 Å². The zero-order chi connectivity index (χ0) is 18.1. The van der Waals surface area contributed by atoms with Crippen LogP contribution in [0.15, 0.2) is 42.6 Å². The van der Waals surface area contributed by atoms with E-state index in [4.69, 9.17) is 28.2 Å². The zero-order valence-electron chi connectivity index (χ0n) is 14.4. The third-order valence-corrected chi connectivity index (χ3v) is 5.15. The van der Waals surface area contributed by atoms with Crippen LogP contribution in [0.4, 0.5) is 0 Å². The summed E-state index contributed by atoms with van der Waals surface area (Å²) in [5.74, 6) is 0.750. The Morgan fingerprint density at radius 2 is 1.85 bits per heavy atom. The number of hydrogen-bond acceptors (Lipinski definition) is 4. The van der Waals surface area contributed by atoms with E-state index in [1.54, 1.807) is 0 Å². The van der Waals surface area contributed by atoms with E-state index in [1.165, 1.54) is 5.56 Å². The predicted molar refractivity (Wildman–Crippen MR) is 104 cm³/mol. The summed E-state index contributed by atoms with van der Waals surface area (Å²) in [7, 11) is 0. The molecule has 26 heavy (non-hydrogen) atoms. The highest BCUT2D eigenvalue weighted by Crippen LogP contribution is 2.24. The maximum absolute atomic E-state index is 6.28. The second kappa shape index (κ2) is 7.31. The number of benzene rings is 1. The Morgan fingerprint density at radius 3 is 2.62 bits per heavy atom. The molecule has 0 aliphatic carbocycles. The van der Waals surface area contributed by atoms with Crippen molar-refractivity contribution in [1.82, 2.24) is 19.9 Å². The van der Waals surface area contributed by atoms with Gasteiger partial charge in [-0.3, -0.25) is 4.90 Å². The molecule has 4 rings (SSSR count). The van der Waals surface area contributed by atoms with Crippen molar-refractivity contribution < 1.29 is 0 Å². The van der Waals surface area contributed by atoms with Gasteiger partial charge in [0.05, 0.1) is 5.69 Å². The van der Waals surface area contributed by atoms with Crippen molar-refractivity contribution in [3.63, 3.8) is 0 Å². The van der Waals surface area contributed by atoms with Gasteiger partial charge in [-0.1, -0.05) is 29.3 Å². The molecule has 1 aromatic carbocycles. The molecule has 0 N–H and O–H groups in total. The van der Waals surface area contributed by atoms with Gasteiger partial charge in [-0.15, -0.1) is 0 Å². The normalized spacial score (nSPS) is 14.3. The number of halogens is 2. The van der Waals surface area contributed by atoms with Crippen LogP contribution in [0.3, 0.4) is 0 Å². The van der Waals surface area contributed by atoms with Crippen LogP contribution >= 0.6 is 23.2 Å². The summed E-state index contributed by atoms with van der Waals surface area (Å²) in [5.41, 5.74) is 5.27.